The van der Waals surface area contributed by atoms with Crippen molar-refractivity contribution >= 4 is 24.0 Å². The smallest absolute Gasteiger partial charge is 0.285 e. The molecule has 0 aromatic heterocycles. The van der Waals surface area contributed by atoms with Crippen LogP contribution >= 0.6 is 12.4 Å². The van der Waals surface area contributed by atoms with Gasteiger partial charge in [-0.3, -0.25) is 14.9 Å². The predicted octanol–water partition coefficient (Wildman–Crippen LogP) is 1.12. The van der Waals surface area contributed by atoms with Gasteiger partial charge in [0.2, 0.25) is 0 Å². The van der Waals surface area contributed by atoms with E-state index in [9.17, 15) is 19.3 Å². The molecule has 0 unspecified atom stereocenters. The van der Waals surface area contributed by atoms with E-state index in [0.29, 0.717) is 26.2 Å². The first-order valence-electron chi connectivity index (χ1n) is 5.98. The summed E-state index contributed by atoms with van der Waals surface area (Å²) in [5.74, 6) is -1.36. The van der Waals surface area contributed by atoms with Gasteiger partial charge in [0, 0.05) is 26.7 Å². The van der Waals surface area contributed by atoms with E-state index >= 15 is 0 Å². The summed E-state index contributed by atoms with van der Waals surface area (Å²) in [5, 5.41) is 16.3. The van der Waals surface area contributed by atoms with Gasteiger partial charge < -0.3 is 15.4 Å². The molecule has 1 rings (SSSR count). The monoisotopic (exact) mass is 321 g/mol. The van der Waals surface area contributed by atoms with Crippen molar-refractivity contribution in [3.8, 4) is 0 Å². The first-order chi connectivity index (χ1) is 9.56. The summed E-state index contributed by atoms with van der Waals surface area (Å²) in [6, 6.07) is 2.84. The molecule has 0 saturated heterocycles. The van der Waals surface area contributed by atoms with Crippen LogP contribution in [0.3, 0.4) is 0 Å². The number of nitrogens with one attached hydrogen (secondary N) is 2. The van der Waals surface area contributed by atoms with Gasteiger partial charge in [-0.25, -0.2) is 4.39 Å². The average molecular weight is 322 g/mol. The van der Waals surface area contributed by atoms with Crippen molar-refractivity contribution in [2.45, 2.75) is 0 Å². The van der Waals surface area contributed by atoms with Crippen molar-refractivity contribution in [1.82, 2.24) is 10.6 Å². The van der Waals surface area contributed by atoms with Gasteiger partial charge in [-0.15, -0.1) is 12.4 Å². The Hall–Kier alpha value is -1.77. The number of nitro benzene ring substituents is 1. The number of hydrogen-bond donors (Lipinski definition) is 2. The summed E-state index contributed by atoms with van der Waals surface area (Å²) in [6.45, 7) is 2.00. The van der Waals surface area contributed by atoms with Gasteiger partial charge in [0.05, 0.1) is 17.6 Å². The highest BCUT2D eigenvalue weighted by Gasteiger charge is 2.20. The number of halogens is 2. The van der Waals surface area contributed by atoms with Gasteiger partial charge in [-0.2, -0.15) is 0 Å². The Morgan fingerprint density at radius 1 is 1.38 bits per heavy atom. The van der Waals surface area contributed by atoms with Crippen molar-refractivity contribution in [1.29, 1.82) is 0 Å². The molecule has 0 aliphatic carbocycles. The van der Waals surface area contributed by atoms with Crippen LogP contribution in [-0.2, 0) is 4.74 Å². The van der Waals surface area contributed by atoms with Gasteiger partial charge in [-0.05, 0) is 12.1 Å². The van der Waals surface area contributed by atoms with Crippen molar-refractivity contribution in [3.63, 3.8) is 0 Å². The highest BCUT2D eigenvalue weighted by molar-refractivity contribution is 5.98. The number of methoxy groups -OCH3 is 1. The number of carbonyl (C=O) groups is 1. The molecule has 0 saturated carbocycles. The lowest BCUT2D eigenvalue weighted by Crippen LogP contribution is -2.33. The van der Waals surface area contributed by atoms with Crippen LogP contribution in [-0.4, -0.2) is 44.2 Å². The van der Waals surface area contributed by atoms with Gasteiger partial charge in [0.25, 0.3) is 11.6 Å². The van der Waals surface area contributed by atoms with Crippen molar-refractivity contribution in [3.05, 3.63) is 39.7 Å². The van der Waals surface area contributed by atoms with Crippen LogP contribution in [0.1, 0.15) is 10.4 Å². The second kappa shape index (κ2) is 10.0. The number of hydrogen-bond acceptors (Lipinski definition) is 5. The van der Waals surface area contributed by atoms with E-state index in [2.05, 4.69) is 10.6 Å². The summed E-state index contributed by atoms with van der Waals surface area (Å²) >= 11 is 0. The third-order valence-electron chi connectivity index (χ3n) is 2.47. The van der Waals surface area contributed by atoms with Crippen molar-refractivity contribution in [2.75, 3.05) is 33.4 Å². The molecule has 0 atom stereocenters. The maximum atomic E-state index is 12.9. The molecule has 0 aliphatic rings. The van der Waals surface area contributed by atoms with Crippen molar-refractivity contribution < 1.29 is 18.8 Å². The molecule has 0 radical (unpaired) electrons. The zero-order chi connectivity index (χ0) is 15.0. The average Bonchev–Trinajstić information content (AvgIpc) is 2.42. The molecular formula is C12H17ClFN3O4. The molecule has 118 valence electrons. The molecule has 0 fully saturated rings. The Bertz CT molecular complexity index is 488. The SMILES string of the molecule is COCCNCCNC(=O)c1ccc(F)cc1[N+](=O)[O-].Cl. The minimum absolute atomic E-state index is 0. The van der Waals surface area contributed by atoms with E-state index in [0.717, 1.165) is 18.2 Å². The predicted molar refractivity (Wildman–Crippen MR) is 77.4 cm³/mol. The first kappa shape index (κ1) is 19.2. The number of nitrogens with zero attached hydrogens (tertiary/aromatic N) is 1. The molecule has 1 amide bonds. The Labute approximate surface area is 127 Å². The van der Waals surface area contributed by atoms with Crippen LogP contribution in [0.4, 0.5) is 10.1 Å². The highest BCUT2D eigenvalue weighted by Crippen LogP contribution is 2.19. The fourth-order valence-electron chi connectivity index (χ4n) is 1.51. The lowest BCUT2D eigenvalue weighted by Gasteiger charge is -2.07. The topological polar surface area (TPSA) is 93.5 Å². The minimum atomic E-state index is -0.783. The molecule has 0 spiro atoms. The maximum absolute atomic E-state index is 12.9. The molecule has 7 nitrogen and oxygen atoms in total. The second-order valence-electron chi connectivity index (χ2n) is 3.92. The van der Waals surface area contributed by atoms with E-state index in [1.54, 1.807) is 7.11 Å². The number of amides is 1. The zero-order valence-corrected chi connectivity index (χ0v) is 12.2. The standard InChI is InChI=1S/C12H16FN3O4.ClH/c1-20-7-6-14-4-5-15-12(17)10-3-2-9(13)8-11(10)16(18)19;/h2-3,8,14H,4-7H2,1H3,(H,15,17);1H. The van der Waals surface area contributed by atoms with Gasteiger partial charge in [0.15, 0.2) is 0 Å². The quantitative estimate of drug-likeness (QED) is 0.425. The third kappa shape index (κ3) is 6.48. The van der Waals surface area contributed by atoms with Crippen LogP contribution < -0.4 is 10.6 Å². The Kier molecular flexibility index (Phi) is 9.18. The molecular weight excluding hydrogens is 305 g/mol. The van der Waals surface area contributed by atoms with Crippen LogP contribution in [0.25, 0.3) is 0 Å². The Morgan fingerprint density at radius 3 is 2.71 bits per heavy atom. The van der Waals surface area contributed by atoms with Crippen LogP contribution in [0.2, 0.25) is 0 Å². The molecule has 1 aromatic rings. The third-order valence-corrected chi connectivity index (χ3v) is 2.47. The highest BCUT2D eigenvalue weighted by atomic mass is 35.5. The first-order valence-corrected chi connectivity index (χ1v) is 5.98. The largest absolute Gasteiger partial charge is 0.383 e. The molecule has 1 aromatic carbocycles. The molecule has 0 aliphatic heterocycles. The number of nitro groups is 1. The fraction of sp³-hybridized carbons (Fsp3) is 0.417. The lowest BCUT2D eigenvalue weighted by molar-refractivity contribution is -0.385. The normalized spacial score (nSPS) is 9.81. The number of ether oxygens (including phenoxy) is 1. The minimum Gasteiger partial charge on any atom is -0.383 e. The second-order valence-corrected chi connectivity index (χ2v) is 3.92. The van der Waals surface area contributed by atoms with Crippen LogP contribution in [0.5, 0.6) is 0 Å². The summed E-state index contributed by atoms with van der Waals surface area (Å²) in [5.41, 5.74) is -0.705. The molecule has 0 heterocycles. The summed E-state index contributed by atoms with van der Waals surface area (Å²) < 4.78 is 17.8. The van der Waals surface area contributed by atoms with Crippen molar-refractivity contribution in [2.24, 2.45) is 0 Å². The Balaban J connectivity index is 0.00000400. The molecule has 9 heteroatoms. The maximum Gasteiger partial charge on any atom is 0.285 e. The number of rotatable bonds is 8. The number of carbonyl (C=O) groups excluding carboxylic acids is 1. The van der Waals surface area contributed by atoms with E-state index < -0.39 is 22.3 Å². The van der Waals surface area contributed by atoms with E-state index in [1.165, 1.54) is 0 Å². The van der Waals surface area contributed by atoms with E-state index in [-0.39, 0.29) is 18.0 Å². The van der Waals surface area contributed by atoms with Gasteiger partial charge >= 0.3 is 0 Å². The van der Waals surface area contributed by atoms with Crippen LogP contribution in [0.15, 0.2) is 18.2 Å². The molecule has 2 N–H and O–H groups in total. The van der Waals surface area contributed by atoms with Crippen LogP contribution in [0, 0.1) is 15.9 Å². The fourth-order valence-corrected chi connectivity index (χ4v) is 1.51. The summed E-state index contributed by atoms with van der Waals surface area (Å²) in [4.78, 5) is 21.8. The lowest BCUT2D eigenvalue weighted by atomic mass is 10.1. The van der Waals surface area contributed by atoms with E-state index in [4.69, 9.17) is 4.74 Å². The van der Waals surface area contributed by atoms with E-state index in [1.807, 2.05) is 0 Å². The molecule has 0 bridgehead atoms. The van der Waals surface area contributed by atoms with Gasteiger partial charge in [0.1, 0.15) is 11.4 Å². The Morgan fingerprint density at radius 2 is 2.10 bits per heavy atom. The zero-order valence-electron chi connectivity index (χ0n) is 11.4. The number of benzene rings is 1. The van der Waals surface area contributed by atoms with Gasteiger partial charge in [-0.1, -0.05) is 0 Å². The molecule has 21 heavy (non-hydrogen) atoms. The summed E-state index contributed by atoms with van der Waals surface area (Å²) in [7, 11) is 1.58. The summed E-state index contributed by atoms with van der Waals surface area (Å²) in [6.07, 6.45) is 0.